The highest BCUT2D eigenvalue weighted by Crippen LogP contribution is 2.14. The minimum Gasteiger partial charge on any atom is -0.494 e. The van der Waals surface area contributed by atoms with Crippen LogP contribution in [-0.2, 0) is 11.3 Å². The Morgan fingerprint density at radius 1 is 1.33 bits per heavy atom. The van der Waals surface area contributed by atoms with Crippen LogP contribution in [0.25, 0.3) is 0 Å². The molecule has 0 aromatic heterocycles. The van der Waals surface area contributed by atoms with Crippen molar-refractivity contribution in [2.45, 2.75) is 38.8 Å². The van der Waals surface area contributed by atoms with E-state index in [1.54, 1.807) is 7.11 Å². The summed E-state index contributed by atoms with van der Waals surface area (Å²) in [6.45, 7) is 3.61. The van der Waals surface area contributed by atoms with E-state index in [0.29, 0.717) is 12.6 Å². The first kappa shape index (κ1) is 15.0. The van der Waals surface area contributed by atoms with Gasteiger partial charge in [-0.2, -0.15) is 0 Å². The highest BCUT2D eigenvalue weighted by molar-refractivity contribution is 5.28. The van der Waals surface area contributed by atoms with E-state index in [2.05, 4.69) is 12.2 Å². The van der Waals surface area contributed by atoms with E-state index in [4.69, 9.17) is 9.47 Å². The van der Waals surface area contributed by atoms with Crippen LogP contribution in [-0.4, -0.2) is 26.8 Å². The third-order valence-electron chi connectivity index (χ3n) is 3.08. The highest BCUT2D eigenvalue weighted by atomic mass is 16.5. The van der Waals surface area contributed by atoms with E-state index >= 15 is 0 Å². The van der Waals surface area contributed by atoms with Gasteiger partial charge in [0, 0.05) is 13.2 Å². The molecule has 1 N–H and O–H groups in total. The monoisotopic (exact) mass is 251 g/mol. The Labute approximate surface area is 110 Å². The van der Waals surface area contributed by atoms with Crippen LogP contribution in [0.3, 0.4) is 0 Å². The van der Waals surface area contributed by atoms with Crippen LogP contribution >= 0.6 is 0 Å². The normalized spacial score (nSPS) is 12.4. The van der Waals surface area contributed by atoms with E-state index in [0.717, 1.165) is 30.8 Å². The summed E-state index contributed by atoms with van der Waals surface area (Å²) in [6.07, 6.45) is 3.40. The van der Waals surface area contributed by atoms with Gasteiger partial charge < -0.3 is 14.8 Å². The molecule has 1 aromatic rings. The molecule has 0 saturated carbocycles. The number of ether oxygens (including phenoxy) is 2. The van der Waals surface area contributed by atoms with E-state index in [-0.39, 0.29) is 0 Å². The van der Waals surface area contributed by atoms with E-state index in [1.165, 1.54) is 6.42 Å². The Morgan fingerprint density at radius 2 is 2.17 bits per heavy atom. The summed E-state index contributed by atoms with van der Waals surface area (Å²) in [7, 11) is 3.72. The Bertz CT molecular complexity index is 324. The van der Waals surface area contributed by atoms with Crippen molar-refractivity contribution in [3.63, 3.8) is 0 Å². The average Bonchev–Trinajstić information content (AvgIpc) is 2.40. The second-order valence-electron chi connectivity index (χ2n) is 4.46. The summed E-state index contributed by atoms with van der Waals surface area (Å²) in [5.74, 6) is 0.932. The molecule has 0 saturated heterocycles. The molecule has 18 heavy (non-hydrogen) atoms. The van der Waals surface area contributed by atoms with Crippen molar-refractivity contribution < 1.29 is 9.47 Å². The third kappa shape index (κ3) is 5.52. The van der Waals surface area contributed by atoms with Crippen molar-refractivity contribution in [3.8, 4) is 5.75 Å². The minimum absolute atomic E-state index is 0.605. The molecule has 0 aliphatic rings. The average molecular weight is 251 g/mol. The minimum atomic E-state index is 0.605. The molecule has 102 valence electrons. The lowest BCUT2D eigenvalue weighted by Crippen LogP contribution is -2.24. The molecule has 3 heteroatoms. The summed E-state index contributed by atoms with van der Waals surface area (Å²) >= 11 is 0. The summed E-state index contributed by atoms with van der Waals surface area (Å²) < 4.78 is 10.9. The first-order chi connectivity index (χ1) is 8.80. The van der Waals surface area contributed by atoms with Gasteiger partial charge in [-0.1, -0.05) is 19.1 Å². The fourth-order valence-corrected chi connectivity index (χ4v) is 1.96. The molecule has 0 aliphatic heterocycles. The van der Waals surface area contributed by atoms with Gasteiger partial charge in [-0.3, -0.25) is 0 Å². The highest BCUT2D eigenvalue weighted by Gasteiger charge is 2.02. The standard InChI is InChI=1S/C15H25NO2/c1-4-14(16-2)8-6-10-18-15-9-5-7-13(11-15)12-17-3/h5,7,9,11,14,16H,4,6,8,10,12H2,1-3H3. The quantitative estimate of drug-likeness (QED) is 0.684. The summed E-state index contributed by atoms with van der Waals surface area (Å²) in [4.78, 5) is 0. The first-order valence-corrected chi connectivity index (χ1v) is 6.68. The molecule has 0 fully saturated rings. The van der Waals surface area contributed by atoms with Crippen molar-refractivity contribution in [1.82, 2.24) is 5.32 Å². The smallest absolute Gasteiger partial charge is 0.119 e. The molecule has 0 bridgehead atoms. The number of nitrogens with one attached hydrogen (secondary N) is 1. The molecule has 3 nitrogen and oxygen atoms in total. The molecule has 1 rings (SSSR count). The predicted octanol–water partition coefficient (Wildman–Crippen LogP) is 2.99. The Hall–Kier alpha value is -1.06. The van der Waals surface area contributed by atoms with Gasteiger partial charge in [0.2, 0.25) is 0 Å². The maximum atomic E-state index is 5.75. The van der Waals surface area contributed by atoms with E-state index in [1.807, 2.05) is 31.3 Å². The number of methoxy groups -OCH3 is 1. The first-order valence-electron chi connectivity index (χ1n) is 6.68. The third-order valence-corrected chi connectivity index (χ3v) is 3.08. The van der Waals surface area contributed by atoms with Gasteiger partial charge in [-0.15, -0.1) is 0 Å². The number of hydrogen-bond acceptors (Lipinski definition) is 3. The van der Waals surface area contributed by atoms with Crippen LogP contribution in [0.15, 0.2) is 24.3 Å². The zero-order chi connectivity index (χ0) is 13.2. The zero-order valence-corrected chi connectivity index (χ0v) is 11.7. The topological polar surface area (TPSA) is 30.5 Å². The molecule has 0 spiro atoms. The molecule has 0 heterocycles. The Morgan fingerprint density at radius 3 is 2.83 bits per heavy atom. The van der Waals surface area contributed by atoms with E-state index < -0.39 is 0 Å². The molecule has 0 aliphatic carbocycles. The number of rotatable bonds is 9. The number of hydrogen-bond donors (Lipinski definition) is 1. The summed E-state index contributed by atoms with van der Waals surface area (Å²) in [5, 5.41) is 3.30. The van der Waals surface area contributed by atoms with Gasteiger partial charge >= 0.3 is 0 Å². The van der Waals surface area contributed by atoms with Crippen molar-refractivity contribution in [2.24, 2.45) is 0 Å². The Balaban J connectivity index is 2.28. The van der Waals surface area contributed by atoms with Gasteiger partial charge in [0.15, 0.2) is 0 Å². The maximum Gasteiger partial charge on any atom is 0.119 e. The summed E-state index contributed by atoms with van der Waals surface area (Å²) in [5.41, 5.74) is 1.15. The SMILES string of the molecule is CCC(CCCOc1cccc(COC)c1)NC. The second-order valence-corrected chi connectivity index (χ2v) is 4.46. The van der Waals surface area contributed by atoms with Gasteiger partial charge in [0.05, 0.1) is 13.2 Å². The van der Waals surface area contributed by atoms with Gasteiger partial charge in [0.25, 0.3) is 0 Å². The van der Waals surface area contributed by atoms with E-state index in [9.17, 15) is 0 Å². The molecule has 0 radical (unpaired) electrons. The van der Waals surface area contributed by atoms with Crippen molar-refractivity contribution in [1.29, 1.82) is 0 Å². The van der Waals surface area contributed by atoms with Gasteiger partial charge in [0.1, 0.15) is 5.75 Å². The van der Waals surface area contributed by atoms with Crippen LogP contribution in [0.4, 0.5) is 0 Å². The molecular weight excluding hydrogens is 226 g/mol. The van der Waals surface area contributed by atoms with Crippen molar-refractivity contribution in [2.75, 3.05) is 20.8 Å². The largest absolute Gasteiger partial charge is 0.494 e. The van der Waals surface area contributed by atoms with Gasteiger partial charge in [-0.25, -0.2) is 0 Å². The van der Waals surface area contributed by atoms with Crippen molar-refractivity contribution in [3.05, 3.63) is 29.8 Å². The maximum absolute atomic E-state index is 5.75. The molecule has 1 aromatic carbocycles. The predicted molar refractivity (Wildman–Crippen MR) is 75.0 cm³/mol. The molecular formula is C15H25NO2. The fourth-order valence-electron chi connectivity index (χ4n) is 1.96. The second kappa shape index (κ2) is 8.95. The van der Waals surface area contributed by atoms with Crippen LogP contribution in [0.1, 0.15) is 31.7 Å². The molecule has 1 unspecified atom stereocenters. The van der Waals surface area contributed by atoms with Crippen LogP contribution in [0.5, 0.6) is 5.75 Å². The van der Waals surface area contributed by atoms with Gasteiger partial charge in [-0.05, 0) is 44.0 Å². The van der Waals surface area contributed by atoms with Crippen LogP contribution in [0.2, 0.25) is 0 Å². The zero-order valence-electron chi connectivity index (χ0n) is 11.7. The Kier molecular flexibility index (Phi) is 7.46. The van der Waals surface area contributed by atoms with Crippen LogP contribution in [0, 0.1) is 0 Å². The lowest BCUT2D eigenvalue weighted by molar-refractivity contribution is 0.184. The molecule has 1 atom stereocenters. The molecule has 0 amide bonds. The van der Waals surface area contributed by atoms with Crippen molar-refractivity contribution >= 4 is 0 Å². The fraction of sp³-hybridized carbons (Fsp3) is 0.600. The van der Waals surface area contributed by atoms with Crippen LogP contribution < -0.4 is 10.1 Å². The lowest BCUT2D eigenvalue weighted by Gasteiger charge is -2.13. The lowest BCUT2D eigenvalue weighted by atomic mass is 10.1. The summed E-state index contributed by atoms with van der Waals surface area (Å²) in [6, 6.07) is 8.69. The number of benzene rings is 1.